The van der Waals surface area contributed by atoms with Crippen molar-refractivity contribution in [3.05, 3.63) is 0 Å². The molecule has 0 aromatic rings. The van der Waals surface area contributed by atoms with Crippen LogP contribution in [0.1, 0.15) is 13.8 Å². The molecule has 74 valence electrons. The van der Waals surface area contributed by atoms with Crippen LogP contribution in [0.15, 0.2) is 0 Å². The lowest BCUT2D eigenvalue weighted by molar-refractivity contribution is 0.114. The molecular formula is C9H23N3. The second-order valence-corrected chi connectivity index (χ2v) is 3.52. The quantitative estimate of drug-likeness (QED) is 0.548. The minimum atomic E-state index is 1.04. The van der Waals surface area contributed by atoms with Gasteiger partial charge in [-0.1, -0.05) is 13.8 Å². The Morgan fingerprint density at radius 1 is 0.833 bits per heavy atom. The van der Waals surface area contributed by atoms with Crippen molar-refractivity contribution in [2.75, 3.05) is 47.6 Å². The average molecular weight is 173 g/mol. The summed E-state index contributed by atoms with van der Waals surface area (Å²) >= 11 is 0. The predicted molar refractivity (Wildman–Crippen MR) is 54.1 cm³/mol. The van der Waals surface area contributed by atoms with Gasteiger partial charge in [0.25, 0.3) is 0 Å². The van der Waals surface area contributed by atoms with Gasteiger partial charge >= 0.3 is 0 Å². The van der Waals surface area contributed by atoms with Crippen LogP contribution in [0.25, 0.3) is 0 Å². The molecule has 0 rings (SSSR count). The Bertz CT molecular complexity index is 104. The second-order valence-electron chi connectivity index (χ2n) is 3.52. The van der Waals surface area contributed by atoms with Gasteiger partial charge in [0, 0.05) is 0 Å². The van der Waals surface area contributed by atoms with E-state index in [4.69, 9.17) is 0 Å². The van der Waals surface area contributed by atoms with Crippen LogP contribution in [-0.2, 0) is 0 Å². The Balaban J connectivity index is 3.66. The zero-order chi connectivity index (χ0) is 9.56. The molecule has 0 aliphatic carbocycles. The normalized spacial score (nSPS) is 12.0. The van der Waals surface area contributed by atoms with E-state index in [1.165, 1.54) is 0 Å². The average Bonchev–Trinajstić information content (AvgIpc) is 2.02. The van der Waals surface area contributed by atoms with Crippen molar-refractivity contribution in [1.29, 1.82) is 0 Å². The molecule has 0 unspecified atom stereocenters. The zero-order valence-corrected chi connectivity index (χ0v) is 9.17. The minimum Gasteiger partial charge on any atom is -0.297 e. The fourth-order valence-corrected chi connectivity index (χ4v) is 1.09. The molecule has 0 aromatic heterocycles. The smallest absolute Gasteiger partial charge is 0.0515 e. The third kappa shape index (κ3) is 5.52. The van der Waals surface area contributed by atoms with Gasteiger partial charge in [-0.2, -0.15) is 0 Å². The van der Waals surface area contributed by atoms with Crippen molar-refractivity contribution in [2.45, 2.75) is 13.8 Å². The van der Waals surface area contributed by atoms with Crippen LogP contribution in [0.2, 0.25) is 0 Å². The lowest BCUT2D eigenvalue weighted by Crippen LogP contribution is -2.40. The Labute approximate surface area is 76.9 Å². The van der Waals surface area contributed by atoms with E-state index in [0.29, 0.717) is 0 Å². The fraction of sp³-hybridized carbons (Fsp3) is 1.00. The molecule has 0 amide bonds. The molecule has 0 saturated carbocycles. The van der Waals surface area contributed by atoms with Gasteiger partial charge in [-0.15, -0.1) is 0 Å². The molecule has 0 saturated heterocycles. The van der Waals surface area contributed by atoms with Crippen LogP contribution in [0, 0.1) is 0 Å². The van der Waals surface area contributed by atoms with Crippen molar-refractivity contribution in [3.8, 4) is 0 Å². The van der Waals surface area contributed by atoms with E-state index in [-0.39, 0.29) is 0 Å². The summed E-state index contributed by atoms with van der Waals surface area (Å²) in [5.41, 5.74) is 0. The van der Waals surface area contributed by atoms with Crippen LogP contribution >= 0.6 is 0 Å². The third-order valence-corrected chi connectivity index (χ3v) is 1.91. The van der Waals surface area contributed by atoms with Crippen LogP contribution in [0.5, 0.6) is 0 Å². The van der Waals surface area contributed by atoms with Crippen molar-refractivity contribution in [2.24, 2.45) is 0 Å². The summed E-state index contributed by atoms with van der Waals surface area (Å²) in [4.78, 5) is 6.92. The van der Waals surface area contributed by atoms with E-state index < -0.39 is 0 Å². The first-order valence-electron chi connectivity index (χ1n) is 4.65. The topological polar surface area (TPSA) is 9.72 Å². The molecule has 0 atom stereocenters. The van der Waals surface area contributed by atoms with E-state index in [1.807, 2.05) is 0 Å². The first-order valence-corrected chi connectivity index (χ1v) is 4.65. The van der Waals surface area contributed by atoms with Crippen LogP contribution in [0.3, 0.4) is 0 Å². The molecular weight excluding hydrogens is 150 g/mol. The first-order chi connectivity index (χ1) is 5.60. The first kappa shape index (κ1) is 11.9. The predicted octanol–water partition coefficient (Wildman–Crippen LogP) is 0.737. The Hall–Kier alpha value is -0.120. The van der Waals surface area contributed by atoms with E-state index in [0.717, 1.165) is 26.4 Å². The molecule has 3 heteroatoms. The SMILES string of the molecule is CCN(C)CN(CC)CN(C)C. The van der Waals surface area contributed by atoms with Gasteiger partial charge in [0.2, 0.25) is 0 Å². The molecule has 0 fully saturated rings. The molecule has 0 spiro atoms. The maximum atomic E-state index is 2.41. The highest BCUT2D eigenvalue weighted by molar-refractivity contribution is 4.52. The second kappa shape index (κ2) is 6.40. The highest BCUT2D eigenvalue weighted by Gasteiger charge is 2.04. The molecule has 0 aromatic carbocycles. The maximum absolute atomic E-state index is 2.41. The molecule has 0 N–H and O–H groups in total. The Morgan fingerprint density at radius 3 is 1.75 bits per heavy atom. The summed E-state index contributed by atoms with van der Waals surface area (Å²) in [6.07, 6.45) is 0. The molecule has 0 aliphatic heterocycles. The molecule has 0 aliphatic rings. The Morgan fingerprint density at radius 2 is 1.42 bits per heavy atom. The molecule has 3 nitrogen and oxygen atoms in total. The van der Waals surface area contributed by atoms with Gasteiger partial charge in [-0.3, -0.25) is 14.7 Å². The molecule has 0 heterocycles. The summed E-state index contributed by atoms with van der Waals surface area (Å²) in [6.45, 7) is 8.72. The monoisotopic (exact) mass is 173 g/mol. The summed E-state index contributed by atoms with van der Waals surface area (Å²) in [5, 5.41) is 0. The molecule has 0 bridgehead atoms. The number of nitrogens with zero attached hydrogens (tertiary/aromatic N) is 3. The number of hydrogen-bond donors (Lipinski definition) is 0. The summed E-state index contributed by atoms with van der Waals surface area (Å²) in [7, 11) is 6.36. The van der Waals surface area contributed by atoms with Gasteiger partial charge in [0.1, 0.15) is 0 Å². The fourth-order valence-electron chi connectivity index (χ4n) is 1.09. The van der Waals surface area contributed by atoms with Crippen molar-refractivity contribution >= 4 is 0 Å². The number of rotatable bonds is 6. The summed E-state index contributed by atoms with van der Waals surface area (Å²) < 4.78 is 0. The van der Waals surface area contributed by atoms with E-state index >= 15 is 0 Å². The van der Waals surface area contributed by atoms with Crippen molar-refractivity contribution in [3.63, 3.8) is 0 Å². The standard InChI is InChI=1S/C9H23N3/c1-6-11(5)9-12(7-2)8-10(3)4/h6-9H2,1-5H3. The van der Waals surface area contributed by atoms with E-state index in [2.05, 4.69) is 49.7 Å². The maximum Gasteiger partial charge on any atom is 0.0515 e. The highest BCUT2D eigenvalue weighted by atomic mass is 15.4. The van der Waals surface area contributed by atoms with E-state index in [9.17, 15) is 0 Å². The Kier molecular flexibility index (Phi) is 6.34. The van der Waals surface area contributed by atoms with Gasteiger partial charge in [0.05, 0.1) is 13.3 Å². The van der Waals surface area contributed by atoms with Gasteiger partial charge in [0.15, 0.2) is 0 Å². The number of hydrogen-bond acceptors (Lipinski definition) is 3. The van der Waals surface area contributed by atoms with Gasteiger partial charge < -0.3 is 0 Å². The van der Waals surface area contributed by atoms with Gasteiger partial charge in [-0.25, -0.2) is 0 Å². The summed E-state index contributed by atoms with van der Waals surface area (Å²) in [5.74, 6) is 0. The van der Waals surface area contributed by atoms with Crippen LogP contribution in [0.4, 0.5) is 0 Å². The minimum absolute atomic E-state index is 1.04. The van der Waals surface area contributed by atoms with Crippen molar-refractivity contribution < 1.29 is 0 Å². The third-order valence-electron chi connectivity index (χ3n) is 1.91. The summed E-state index contributed by atoms with van der Waals surface area (Å²) in [6, 6.07) is 0. The van der Waals surface area contributed by atoms with Crippen LogP contribution < -0.4 is 0 Å². The molecule has 12 heavy (non-hydrogen) atoms. The van der Waals surface area contributed by atoms with Crippen molar-refractivity contribution in [1.82, 2.24) is 14.7 Å². The van der Waals surface area contributed by atoms with E-state index in [1.54, 1.807) is 0 Å². The zero-order valence-electron chi connectivity index (χ0n) is 9.17. The largest absolute Gasteiger partial charge is 0.297 e. The van der Waals surface area contributed by atoms with Crippen LogP contribution in [-0.4, -0.2) is 62.3 Å². The molecule has 0 radical (unpaired) electrons. The highest BCUT2D eigenvalue weighted by Crippen LogP contribution is 1.92. The lowest BCUT2D eigenvalue weighted by Gasteiger charge is -2.28. The van der Waals surface area contributed by atoms with Gasteiger partial charge in [-0.05, 0) is 34.2 Å². The lowest BCUT2D eigenvalue weighted by atomic mass is 10.5.